The molecule has 0 fully saturated rings. The van der Waals surface area contributed by atoms with E-state index in [0.29, 0.717) is 6.42 Å². The average molecular weight is 427 g/mol. The molecular formula is C19H22FGaN4S. The number of alkyl halides is 1. The number of aryl methyl sites for hydroxylation is 1. The normalized spacial score (nSPS) is 11.1. The molecule has 1 aromatic carbocycles. The van der Waals surface area contributed by atoms with Gasteiger partial charge in [0.15, 0.2) is 0 Å². The van der Waals surface area contributed by atoms with Gasteiger partial charge in [-0.2, -0.15) is 0 Å². The van der Waals surface area contributed by atoms with Crippen molar-refractivity contribution >= 4 is 32.8 Å². The van der Waals surface area contributed by atoms with Crippen LogP contribution in [0, 0.1) is 13.8 Å². The number of para-hydroxylation sites is 1. The predicted octanol–water partition coefficient (Wildman–Crippen LogP) is 4.03. The van der Waals surface area contributed by atoms with Crippen LogP contribution in [-0.4, -0.2) is 52.5 Å². The molecule has 0 aliphatic carbocycles. The molecule has 0 saturated heterocycles. The van der Waals surface area contributed by atoms with Gasteiger partial charge in [0.25, 0.3) is 0 Å². The zero-order valence-corrected chi connectivity index (χ0v) is 18.8. The molecule has 3 aromatic rings. The van der Waals surface area contributed by atoms with E-state index in [0.717, 1.165) is 28.5 Å². The maximum absolute atomic E-state index is 13.0. The molecule has 0 aliphatic rings. The Morgan fingerprint density at radius 1 is 1.15 bits per heavy atom. The third-order valence-corrected chi connectivity index (χ3v) is 6.71. The molecule has 2 heterocycles. The van der Waals surface area contributed by atoms with Gasteiger partial charge >= 0.3 is 167 Å². The Balaban J connectivity index is 2.22. The summed E-state index contributed by atoms with van der Waals surface area (Å²) in [5, 5.41) is 4.72. The molecule has 0 saturated carbocycles. The Bertz CT molecular complexity index is 902. The second-order valence-electron chi connectivity index (χ2n) is 6.38. The SMILES string of the molecule is Cc1c([S][Ga])c(-n2cc(N(C)C)c(CCF)n2)c(C)n1-c1ccccc1. The fourth-order valence-corrected chi connectivity index (χ4v) is 5.72. The molecule has 26 heavy (non-hydrogen) atoms. The molecule has 3 rings (SSSR count). The minimum atomic E-state index is -0.403. The van der Waals surface area contributed by atoms with E-state index in [9.17, 15) is 4.39 Å². The van der Waals surface area contributed by atoms with E-state index in [-0.39, 0.29) is 0 Å². The van der Waals surface area contributed by atoms with E-state index in [1.165, 1.54) is 10.6 Å². The van der Waals surface area contributed by atoms with Gasteiger partial charge in [-0.05, 0) is 0 Å². The third-order valence-electron chi connectivity index (χ3n) is 4.50. The maximum atomic E-state index is 13.0. The molecule has 0 spiro atoms. The number of hydrogen-bond donors (Lipinski definition) is 0. The van der Waals surface area contributed by atoms with Crippen LogP contribution in [-0.2, 0) is 6.42 Å². The van der Waals surface area contributed by atoms with Crippen molar-refractivity contribution in [1.29, 1.82) is 0 Å². The molecule has 0 amide bonds. The van der Waals surface area contributed by atoms with Crippen LogP contribution in [0.1, 0.15) is 17.1 Å². The van der Waals surface area contributed by atoms with Gasteiger partial charge in [0.1, 0.15) is 0 Å². The number of rotatable bonds is 6. The van der Waals surface area contributed by atoms with E-state index in [2.05, 4.69) is 30.5 Å². The average Bonchev–Trinajstić information content (AvgIpc) is 3.14. The Labute approximate surface area is 167 Å². The predicted molar refractivity (Wildman–Crippen MR) is 108 cm³/mol. The Morgan fingerprint density at radius 3 is 2.42 bits per heavy atom. The molecule has 4 nitrogen and oxygen atoms in total. The number of hydrogen-bond acceptors (Lipinski definition) is 3. The second kappa shape index (κ2) is 7.98. The fraction of sp³-hybridized carbons (Fsp3) is 0.316. The first kappa shape index (κ1) is 19.2. The summed E-state index contributed by atoms with van der Waals surface area (Å²) in [6.45, 7) is 3.86. The quantitative estimate of drug-likeness (QED) is 0.556. The van der Waals surface area contributed by atoms with Crippen molar-refractivity contribution in [1.82, 2.24) is 14.3 Å². The number of benzene rings is 1. The fourth-order valence-electron chi connectivity index (χ4n) is 3.33. The van der Waals surface area contributed by atoms with Gasteiger partial charge in [-0.15, -0.1) is 0 Å². The summed E-state index contributed by atoms with van der Waals surface area (Å²) in [5.74, 6) is 0. The summed E-state index contributed by atoms with van der Waals surface area (Å²) < 4.78 is 17.2. The van der Waals surface area contributed by atoms with Crippen molar-refractivity contribution in [2.45, 2.75) is 25.2 Å². The van der Waals surface area contributed by atoms with Crippen molar-refractivity contribution in [3.8, 4) is 11.4 Å². The van der Waals surface area contributed by atoms with Crippen LogP contribution in [0.4, 0.5) is 10.1 Å². The van der Waals surface area contributed by atoms with Crippen molar-refractivity contribution in [3.05, 3.63) is 53.6 Å². The summed E-state index contributed by atoms with van der Waals surface area (Å²) in [5.41, 5.74) is 6.30. The van der Waals surface area contributed by atoms with Gasteiger partial charge in [-0.25, -0.2) is 0 Å². The van der Waals surface area contributed by atoms with Crippen LogP contribution in [0.3, 0.4) is 0 Å². The number of anilines is 1. The molecule has 0 N–H and O–H groups in total. The molecule has 2 radical (unpaired) electrons. The molecule has 134 valence electrons. The third kappa shape index (κ3) is 3.35. The topological polar surface area (TPSA) is 26.0 Å². The van der Waals surface area contributed by atoms with Gasteiger partial charge < -0.3 is 0 Å². The molecule has 0 unspecified atom stereocenters. The first-order chi connectivity index (χ1) is 12.5. The van der Waals surface area contributed by atoms with E-state index in [1.807, 2.05) is 48.1 Å². The minimum absolute atomic E-state index is 0.330. The van der Waals surface area contributed by atoms with Crippen molar-refractivity contribution in [2.75, 3.05) is 25.7 Å². The van der Waals surface area contributed by atoms with Crippen molar-refractivity contribution < 1.29 is 4.39 Å². The van der Waals surface area contributed by atoms with Crippen LogP contribution in [0.15, 0.2) is 41.4 Å². The number of aromatic nitrogens is 3. The van der Waals surface area contributed by atoms with Gasteiger partial charge in [0, 0.05) is 0 Å². The van der Waals surface area contributed by atoms with Gasteiger partial charge in [0.2, 0.25) is 0 Å². The molecule has 0 bridgehead atoms. The van der Waals surface area contributed by atoms with Crippen LogP contribution in [0.2, 0.25) is 0 Å². The zero-order chi connectivity index (χ0) is 18.8. The number of halogens is 1. The molecule has 7 heteroatoms. The monoisotopic (exact) mass is 426 g/mol. The number of nitrogens with zero attached hydrogens (tertiary/aromatic N) is 4. The first-order valence-electron chi connectivity index (χ1n) is 8.45. The van der Waals surface area contributed by atoms with E-state index >= 15 is 0 Å². The Kier molecular flexibility index (Phi) is 5.89. The van der Waals surface area contributed by atoms with Gasteiger partial charge in [0.05, 0.1) is 0 Å². The molecule has 0 atom stereocenters. The standard InChI is InChI=1S/C19H23FN4S.Ga/c1-13-18(23-12-17(22(3)4)16(21-23)10-11-20)19(25)14(2)24(13)15-8-6-5-7-9-15;/h5-9,12,25H,10-11H2,1-4H3;/q;+1/p-1. The summed E-state index contributed by atoms with van der Waals surface area (Å²) in [6, 6.07) is 10.4. The molecular weight excluding hydrogens is 405 g/mol. The summed E-state index contributed by atoms with van der Waals surface area (Å²) in [7, 11) is 5.71. The van der Waals surface area contributed by atoms with Crippen molar-refractivity contribution in [3.63, 3.8) is 0 Å². The molecule has 0 aliphatic heterocycles. The Morgan fingerprint density at radius 2 is 1.85 bits per heavy atom. The van der Waals surface area contributed by atoms with Gasteiger partial charge in [-0.3, -0.25) is 0 Å². The van der Waals surface area contributed by atoms with Crippen LogP contribution < -0.4 is 4.90 Å². The van der Waals surface area contributed by atoms with Gasteiger partial charge in [-0.1, -0.05) is 0 Å². The molecule has 2 aromatic heterocycles. The van der Waals surface area contributed by atoms with Crippen LogP contribution in [0.5, 0.6) is 0 Å². The van der Waals surface area contributed by atoms with E-state index in [1.54, 1.807) is 27.1 Å². The first-order valence-corrected chi connectivity index (χ1v) is 12.3. The Hall–Kier alpha value is -1.57. The van der Waals surface area contributed by atoms with Crippen LogP contribution >= 0.6 is 9.70 Å². The summed E-state index contributed by atoms with van der Waals surface area (Å²) in [4.78, 5) is 3.21. The van der Waals surface area contributed by atoms with E-state index < -0.39 is 6.67 Å². The zero-order valence-electron chi connectivity index (χ0n) is 15.5. The van der Waals surface area contributed by atoms with E-state index in [4.69, 9.17) is 5.10 Å². The van der Waals surface area contributed by atoms with Crippen LogP contribution in [0.25, 0.3) is 11.4 Å². The summed E-state index contributed by atoms with van der Waals surface area (Å²) >= 11 is 1.59. The second-order valence-corrected chi connectivity index (χ2v) is 8.50. The van der Waals surface area contributed by atoms with Crippen molar-refractivity contribution in [2.24, 2.45) is 0 Å². The summed E-state index contributed by atoms with van der Waals surface area (Å²) in [6.07, 6.45) is 2.34.